The third-order valence-corrected chi connectivity index (χ3v) is 3.13. The summed E-state index contributed by atoms with van der Waals surface area (Å²) in [6.07, 6.45) is 0. The molecule has 4 amide bonds. The smallest absolute Gasteiger partial charge is 0.319 e. The molecule has 1 aromatic rings. The van der Waals surface area contributed by atoms with E-state index in [1.54, 1.807) is 37.3 Å². The standard InChI is InChI=1S/C12H11ClN2O3/c1-12(8-5-3-2-4-6-8)10(17)15(9(16)7-13)11(18)14-12/h2-6H,7H2,1H3,(H,14,18)/t12-/m0/s1. The fraction of sp³-hybridized carbons (Fsp3) is 0.250. The Balaban J connectivity index is 2.41. The zero-order valence-electron chi connectivity index (χ0n) is 9.64. The lowest BCUT2D eigenvalue weighted by molar-refractivity contribution is -0.140. The van der Waals surface area contributed by atoms with E-state index in [1.165, 1.54) is 0 Å². The van der Waals surface area contributed by atoms with Crippen LogP contribution < -0.4 is 5.32 Å². The lowest BCUT2D eigenvalue weighted by Gasteiger charge is -2.21. The second kappa shape index (κ2) is 4.42. The summed E-state index contributed by atoms with van der Waals surface area (Å²) in [5.41, 5.74) is -0.603. The third kappa shape index (κ3) is 1.76. The third-order valence-electron chi connectivity index (χ3n) is 2.91. The summed E-state index contributed by atoms with van der Waals surface area (Å²) in [5, 5.41) is 2.52. The molecule has 1 fully saturated rings. The highest BCUT2D eigenvalue weighted by Crippen LogP contribution is 2.28. The molecule has 0 aromatic heterocycles. The summed E-state index contributed by atoms with van der Waals surface area (Å²) >= 11 is 5.38. The Morgan fingerprint density at radius 2 is 1.94 bits per heavy atom. The Morgan fingerprint density at radius 1 is 1.33 bits per heavy atom. The van der Waals surface area contributed by atoms with E-state index in [1.807, 2.05) is 0 Å². The van der Waals surface area contributed by atoms with E-state index in [9.17, 15) is 14.4 Å². The number of benzene rings is 1. The monoisotopic (exact) mass is 266 g/mol. The highest BCUT2D eigenvalue weighted by atomic mass is 35.5. The molecule has 2 rings (SSSR count). The van der Waals surface area contributed by atoms with Crippen LogP contribution in [0.5, 0.6) is 0 Å². The molecule has 0 saturated carbocycles. The van der Waals surface area contributed by atoms with Gasteiger partial charge in [0.05, 0.1) is 0 Å². The number of imide groups is 3. The Labute approximate surface area is 109 Å². The molecular weight excluding hydrogens is 256 g/mol. The Kier molecular flexibility index (Phi) is 3.09. The molecular formula is C12H11ClN2O3. The van der Waals surface area contributed by atoms with Crippen LogP contribution in [-0.4, -0.2) is 28.6 Å². The quantitative estimate of drug-likeness (QED) is 0.646. The highest BCUT2D eigenvalue weighted by molar-refractivity contribution is 6.31. The first-order valence-corrected chi connectivity index (χ1v) is 5.85. The predicted octanol–water partition coefficient (Wildman–Crippen LogP) is 1.22. The van der Waals surface area contributed by atoms with E-state index in [0.717, 1.165) is 0 Å². The molecule has 0 radical (unpaired) electrons. The van der Waals surface area contributed by atoms with E-state index in [-0.39, 0.29) is 0 Å². The van der Waals surface area contributed by atoms with E-state index >= 15 is 0 Å². The van der Waals surface area contributed by atoms with Gasteiger partial charge in [0, 0.05) is 0 Å². The highest BCUT2D eigenvalue weighted by Gasteiger charge is 2.51. The number of hydrogen-bond acceptors (Lipinski definition) is 3. The van der Waals surface area contributed by atoms with Crippen molar-refractivity contribution >= 4 is 29.4 Å². The van der Waals surface area contributed by atoms with Gasteiger partial charge >= 0.3 is 6.03 Å². The summed E-state index contributed by atoms with van der Waals surface area (Å²) in [6, 6.07) is 8.00. The minimum Gasteiger partial charge on any atom is -0.319 e. The summed E-state index contributed by atoms with van der Waals surface area (Å²) in [5.74, 6) is -1.74. The van der Waals surface area contributed by atoms with Crippen molar-refractivity contribution in [3.05, 3.63) is 35.9 Å². The zero-order valence-corrected chi connectivity index (χ0v) is 10.4. The van der Waals surface area contributed by atoms with Crippen molar-refractivity contribution in [2.75, 3.05) is 5.88 Å². The van der Waals surface area contributed by atoms with Crippen molar-refractivity contribution in [2.24, 2.45) is 0 Å². The number of carbonyl (C=O) groups excluding carboxylic acids is 3. The molecule has 5 nitrogen and oxygen atoms in total. The largest absolute Gasteiger partial charge is 0.332 e. The normalized spacial score (nSPS) is 23.1. The fourth-order valence-electron chi connectivity index (χ4n) is 1.89. The van der Waals surface area contributed by atoms with Crippen LogP contribution in [0, 0.1) is 0 Å². The van der Waals surface area contributed by atoms with Gasteiger partial charge in [-0.3, -0.25) is 9.59 Å². The van der Waals surface area contributed by atoms with E-state index < -0.39 is 29.3 Å². The van der Waals surface area contributed by atoms with Crippen LogP contribution in [0.25, 0.3) is 0 Å². The maximum atomic E-state index is 12.2. The van der Waals surface area contributed by atoms with Gasteiger partial charge in [0.1, 0.15) is 11.4 Å². The first-order valence-electron chi connectivity index (χ1n) is 5.31. The summed E-state index contributed by atoms with van der Waals surface area (Å²) < 4.78 is 0. The lowest BCUT2D eigenvalue weighted by atomic mass is 9.92. The van der Waals surface area contributed by atoms with Gasteiger partial charge in [0.25, 0.3) is 11.8 Å². The van der Waals surface area contributed by atoms with Crippen LogP contribution in [0.2, 0.25) is 0 Å². The first kappa shape index (κ1) is 12.6. The molecule has 1 saturated heterocycles. The Morgan fingerprint density at radius 3 is 2.50 bits per heavy atom. The molecule has 1 atom stereocenters. The molecule has 94 valence electrons. The predicted molar refractivity (Wildman–Crippen MR) is 64.9 cm³/mol. The molecule has 6 heteroatoms. The first-order chi connectivity index (χ1) is 8.50. The minimum absolute atomic E-state index is 0.413. The maximum absolute atomic E-state index is 12.2. The molecule has 1 N–H and O–H groups in total. The Hall–Kier alpha value is -1.88. The summed E-state index contributed by atoms with van der Waals surface area (Å²) in [4.78, 5) is 35.9. The topological polar surface area (TPSA) is 66.5 Å². The van der Waals surface area contributed by atoms with Crippen molar-refractivity contribution in [3.8, 4) is 0 Å². The molecule has 1 aromatic carbocycles. The van der Waals surface area contributed by atoms with Crippen molar-refractivity contribution in [2.45, 2.75) is 12.5 Å². The van der Waals surface area contributed by atoms with Crippen LogP contribution in [0.4, 0.5) is 4.79 Å². The number of urea groups is 1. The van der Waals surface area contributed by atoms with Gasteiger partial charge in [-0.15, -0.1) is 11.6 Å². The van der Waals surface area contributed by atoms with Gasteiger partial charge < -0.3 is 5.32 Å². The molecule has 0 aliphatic carbocycles. The van der Waals surface area contributed by atoms with Crippen molar-refractivity contribution in [3.63, 3.8) is 0 Å². The molecule has 0 spiro atoms. The molecule has 0 bridgehead atoms. The van der Waals surface area contributed by atoms with E-state index in [2.05, 4.69) is 5.32 Å². The minimum atomic E-state index is -1.22. The summed E-state index contributed by atoms with van der Waals surface area (Å²) in [6.45, 7) is 1.56. The second-order valence-corrected chi connectivity index (χ2v) is 4.36. The van der Waals surface area contributed by atoms with Gasteiger partial charge in [-0.1, -0.05) is 30.3 Å². The molecule has 0 unspecified atom stereocenters. The average molecular weight is 267 g/mol. The van der Waals surface area contributed by atoms with Gasteiger partial charge in [0.2, 0.25) is 0 Å². The number of carbonyl (C=O) groups is 3. The summed E-state index contributed by atoms with van der Waals surface area (Å²) in [7, 11) is 0. The maximum Gasteiger partial charge on any atom is 0.332 e. The average Bonchev–Trinajstić information content (AvgIpc) is 2.61. The van der Waals surface area contributed by atoms with Gasteiger partial charge in [-0.2, -0.15) is 4.90 Å². The van der Waals surface area contributed by atoms with Crippen molar-refractivity contribution in [1.29, 1.82) is 0 Å². The zero-order chi connectivity index (χ0) is 13.3. The van der Waals surface area contributed by atoms with Crippen LogP contribution in [0.15, 0.2) is 30.3 Å². The van der Waals surface area contributed by atoms with Gasteiger partial charge in [-0.25, -0.2) is 4.79 Å². The van der Waals surface area contributed by atoms with Gasteiger partial charge in [0.15, 0.2) is 0 Å². The van der Waals surface area contributed by atoms with Crippen LogP contribution in [0.3, 0.4) is 0 Å². The van der Waals surface area contributed by atoms with Crippen LogP contribution in [-0.2, 0) is 15.1 Å². The second-order valence-electron chi connectivity index (χ2n) is 4.09. The van der Waals surface area contributed by atoms with E-state index in [0.29, 0.717) is 10.5 Å². The Bertz CT molecular complexity index is 517. The number of nitrogens with zero attached hydrogens (tertiary/aromatic N) is 1. The number of amides is 4. The lowest BCUT2D eigenvalue weighted by Crippen LogP contribution is -2.42. The SMILES string of the molecule is C[C@@]1(c2ccccc2)NC(=O)N(C(=O)CCl)C1=O. The van der Waals surface area contributed by atoms with Crippen LogP contribution in [0.1, 0.15) is 12.5 Å². The van der Waals surface area contributed by atoms with Crippen molar-refractivity contribution < 1.29 is 14.4 Å². The molecule has 1 aliphatic rings. The fourth-order valence-corrected chi connectivity index (χ4v) is 2.01. The van der Waals surface area contributed by atoms with E-state index in [4.69, 9.17) is 11.6 Å². The number of alkyl halides is 1. The van der Waals surface area contributed by atoms with Gasteiger partial charge in [-0.05, 0) is 12.5 Å². The number of rotatable bonds is 2. The van der Waals surface area contributed by atoms with Crippen LogP contribution >= 0.6 is 11.6 Å². The molecule has 1 heterocycles. The number of nitrogens with one attached hydrogen (secondary N) is 1. The number of hydrogen-bond donors (Lipinski definition) is 1. The molecule has 1 aliphatic heterocycles. The molecule has 18 heavy (non-hydrogen) atoms. The number of halogens is 1. The van der Waals surface area contributed by atoms with Crippen molar-refractivity contribution in [1.82, 2.24) is 10.2 Å².